The van der Waals surface area contributed by atoms with Crippen LogP contribution in [-0.4, -0.2) is 86.7 Å². The van der Waals surface area contributed by atoms with Crippen LogP contribution in [0.4, 0.5) is 17.5 Å². The van der Waals surface area contributed by atoms with E-state index in [1.165, 1.54) is 0 Å². The van der Waals surface area contributed by atoms with E-state index in [2.05, 4.69) is 25.3 Å². The molecule has 3 amide bonds. The molecule has 5 rings (SSSR count). The fraction of sp³-hybridized carbons (Fsp3) is 0.464. The van der Waals surface area contributed by atoms with Crippen LogP contribution in [0.25, 0.3) is 11.2 Å². The summed E-state index contributed by atoms with van der Waals surface area (Å²) in [6.45, 7) is 3.32. The van der Waals surface area contributed by atoms with Gasteiger partial charge in [0.25, 0.3) is 5.91 Å². The number of nitrogens with one attached hydrogen (secondary N) is 1. The van der Waals surface area contributed by atoms with Crippen LogP contribution < -0.4 is 21.7 Å². The third kappa shape index (κ3) is 6.61. The van der Waals surface area contributed by atoms with E-state index in [1.807, 2.05) is 29.0 Å². The van der Waals surface area contributed by atoms with Crippen molar-refractivity contribution in [3.8, 4) is 0 Å². The fourth-order valence-corrected chi connectivity index (χ4v) is 5.31. The number of nitrogen functional groups attached to an aromatic ring is 2. The van der Waals surface area contributed by atoms with Gasteiger partial charge in [0.1, 0.15) is 6.04 Å². The van der Waals surface area contributed by atoms with Gasteiger partial charge in [0.15, 0.2) is 17.0 Å². The number of nitrogens with zero attached hydrogens (tertiary/aromatic N) is 7. The summed E-state index contributed by atoms with van der Waals surface area (Å²) in [5.74, 6) is -0.214. The molecular weight excluding hydrogens is 524 g/mol. The molecule has 5 N–H and O–H groups in total. The maximum absolute atomic E-state index is 13.2. The molecule has 1 atom stereocenters. The largest absolute Gasteiger partial charge is 0.382 e. The van der Waals surface area contributed by atoms with Crippen LogP contribution in [0.3, 0.4) is 0 Å². The second-order valence-corrected chi connectivity index (χ2v) is 10.6. The molecule has 13 nitrogen and oxygen atoms in total. The molecule has 4 heterocycles. The molecule has 41 heavy (non-hydrogen) atoms. The highest BCUT2D eigenvalue weighted by atomic mass is 16.2. The van der Waals surface area contributed by atoms with E-state index in [1.54, 1.807) is 23.2 Å². The summed E-state index contributed by atoms with van der Waals surface area (Å²) in [7, 11) is 1.89. The van der Waals surface area contributed by atoms with Crippen molar-refractivity contribution in [2.24, 2.45) is 0 Å². The quantitative estimate of drug-likeness (QED) is 0.346. The summed E-state index contributed by atoms with van der Waals surface area (Å²) >= 11 is 0. The van der Waals surface area contributed by atoms with Crippen LogP contribution >= 0.6 is 0 Å². The lowest BCUT2D eigenvalue weighted by Gasteiger charge is -2.25. The standard InChI is InChI=1S/C28H36N10O3/c1-36(17-19-16-31-25-23(32-19)24(29)34-28(30)35-25)20-8-6-18(7-9-20)26(40)33-21(27(41)38-14-4-5-15-38)10-11-22(39)37-12-2-3-13-37/h6-9,16,21H,2-5,10-15,17H2,1H3,(H,33,40)(H4,29,30,31,34,35)/t21-/m0/s1. The number of anilines is 3. The Morgan fingerprint density at radius 3 is 2.29 bits per heavy atom. The van der Waals surface area contributed by atoms with E-state index >= 15 is 0 Å². The number of amides is 3. The van der Waals surface area contributed by atoms with E-state index in [9.17, 15) is 14.4 Å². The zero-order valence-electron chi connectivity index (χ0n) is 23.3. The number of hydrogen-bond donors (Lipinski definition) is 3. The van der Waals surface area contributed by atoms with E-state index in [0.29, 0.717) is 42.1 Å². The number of likely N-dealkylation sites (tertiary alicyclic amines) is 2. The van der Waals surface area contributed by atoms with Crippen molar-refractivity contribution in [3.63, 3.8) is 0 Å². The van der Waals surface area contributed by atoms with Crippen LogP contribution in [0.1, 0.15) is 54.6 Å². The molecule has 2 aliphatic heterocycles. The Labute approximate surface area is 238 Å². The Kier molecular flexibility index (Phi) is 8.41. The number of hydrogen-bond acceptors (Lipinski definition) is 10. The number of rotatable bonds is 9. The second kappa shape index (κ2) is 12.3. The molecule has 0 unspecified atom stereocenters. The molecule has 2 fully saturated rings. The molecule has 2 saturated heterocycles. The minimum atomic E-state index is -0.743. The molecule has 216 valence electrons. The van der Waals surface area contributed by atoms with Gasteiger partial charge in [-0.2, -0.15) is 9.97 Å². The van der Waals surface area contributed by atoms with E-state index in [-0.39, 0.29) is 42.3 Å². The van der Waals surface area contributed by atoms with Crippen LogP contribution in [0.15, 0.2) is 30.5 Å². The number of fused-ring (bicyclic) bond motifs is 1. The molecule has 13 heteroatoms. The summed E-state index contributed by atoms with van der Waals surface area (Å²) in [6.07, 6.45) is 6.06. The SMILES string of the molecule is CN(Cc1cnc2nc(N)nc(N)c2n1)c1ccc(C(=O)N[C@@H](CCC(=O)N2CCCC2)C(=O)N2CCCC2)cc1. The third-order valence-electron chi connectivity index (χ3n) is 7.60. The molecule has 2 aliphatic rings. The van der Waals surface area contributed by atoms with Gasteiger partial charge < -0.3 is 31.5 Å². The zero-order valence-corrected chi connectivity index (χ0v) is 23.3. The fourth-order valence-electron chi connectivity index (χ4n) is 5.31. The van der Waals surface area contributed by atoms with Gasteiger partial charge in [-0.05, 0) is 56.4 Å². The van der Waals surface area contributed by atoms with Crippen molar-refractivity contribution >= 4 is 46.3 Å². The third-order valence-corrected chi connectivity index (χ3v) is 7.60. The molecule has 3 aromatic rings. The van der Waals surface area contributed by atoms with Gasteiger partial charge in [-0.25, -0.2) is 9.97 Å². The van der Waals surface area contributed by atoms with E-state index in [0.717, 1.165) is 44.5 Å². The van der Waals surface area contributed by atoms with Crippen molar-refractivity contribution < 1.29 is 14.4 Å². The zero-order chi connectivity index (χ0) is 28.9. The summed E-state index contributed by atoms with van der Waals surface area (Å²) < 4.78 is 0. The average molecular weight is 561 g/mol. The highest BCUT2D eigenvalue weighted by molar-refractivity contribution is 5.98. The van der Waals surface area contributed by atoms with Gasteiger partial charge in [0.2, 0.25) is 17.8 Å². The van der Waals surface area contributed by atoms with Gasteiger partial charge in [-0.1, -0.05) is 0 Å². The van der Waals surface area contributed by atoms with Gasteiger partial charge in [-0.15, -0.1) is 0 Å². The Hall–Kier alpha value is -4.55. The van der Waals surface area contributed by atoms with E-state index in [4.69, 9.17) is 11.5 Å². The lowest BCUT2D eigenvalue weighted by molar-refractivity contribution is -0.133. The Bertz CT molecular complexity index is 1420. The minimum absolute atomic E-state index is 0.0406. The molecular formula is C28H36N10O3. The van der Waals surface area contributed by atoms with Crippen LogP contribution in [0, 0.1) is 0 Å². The number of nitrogens with two attached hydrogens (primary N) is 2. The predicted molar refractivity (Wildman–Crippen MR) is 155 cm³/mol. The predicted octanol–water partition coefficient (Wildman–Crippen LogP) is 1.34. The normalized spacial score (nSPS) is 15.7. The van der Waals surface area contributed by atoms with Crippen molar-refractivity contribution in [1.82, 2.24) is 35.1 Å². The van der Waals surface area contributed by atoms with Crippen molar-refractivity contribution in [2.75, 3.05) is 49.6 Å². The molecule has 1 aromatic carbocycles. The highest BCUT2D eigenvalue weighted by Crippen LogP contribution is 2.20. The number of carbonyl (C=O) groups excluding carboxylic acids is 3. The smallest absolute Gasteiger partial charge is 0.251 e. The van der Waals surface area contributed by atoms with Crippen molar-refractivity contribution in [1.29, 1.82) is 0 Å². The average Bonchev–Trinajstić information content (AvgIpc) is 3.70. The first-order chi connectivity index (χ1) is 19.8. The summed E-state index contributed by atoms with van der Waals surface area (Å²) in [6, 6.07) is 6.35. The number of carbonyl (C=O) groups is 3. The molecule has 0 bridgehead atoms. The first-order valence-electron chi connectivity index (χ1n) is 14.0. The highest BCUT2D eigenvalue weighted by Gasteiger charge is 2.29. The van der Waals surface area contributed by atoms with Crippen LogP contribution in [-0.2, 0) is 16.1 Å². The molecule has 2 aromatic heterocycles. The van der Waals surface area contributed by atoms with Crippen LogP contribution in [0.5, 0.6) is 0 Å². The molecule has 0 aliphatic carbocycles. The first-order valence-corrected chi connectivity index (χ1v) is 14.0. The van der Waals surface area contributed by atoms with Crippen LogP contribution in [0.2, 0.25) is 0 Å². The topological polar surface area (TPSA) is 177 Å². The van der Waals surface area contributed by atoms with Gasteiger partial charge in [-0.3, -0.25) is 14.4 Å². The number of benzene rings is 1. The van der Waals surface area contributed by atoms with Gasteiger partial charge >= 0.3 is 0 Å². The monoisotopic (exact) mass is 560 g/mol. The van der Waals surface area contributed by atoms with Gasteiger partial charge in [0, 0.05) is 50.9 Å². The summed E-state index contributed by atoms with van der Waals surface area (Å²) in [5.41, 5.74) is 14.2. The molecule has 0 spiro atoms. The Morgan fingerprint density at radius 2 is 1.61 bits per heavy atom. The second-order valence-electron chi connectivity index (χ2n) is 10.6. The summed E-state index contributed by atoms with van der Waals surface area (Å²) in [5, 5.41) is 2.91. The minimum Gasteiger partial charge on any atom is -0.382 e. The lowest BCUT2D eigenvalue weighted by atomic mass is 10.1. The number of aromatic nitrogens is 4. The lowest BCUT2D eigenvalue weighted by Crippen LogP contribution is -2.48. The molecule has 0 radical (unpaired) electrons. The maximum Gasteiger partial charge on any atom is 0.251 e. The molecule has 0 saturated carbocycles. The first kappa shape index (κ1) is 28.0. The van der Waals surface area contributed by atoms with Crippen molar-refractivity contribution in [3.05, 3.63) is 41.7 Å². The maximum atomic E-state index is 13.2. The van der Waals surface area contributed by atoms with Crippen molar-refractivity contribution in [2.45, 2.75) is 51.1 Å². The Morgan fingerprint density at radius 1 is 0.951 bits per heavy atom. The van der Waals surface area contributed by atoms with E-state index < -0.39 is 6.04 Å². The summed E-state index contributed by atoms with van der Waals surface area (Å²) in [4.78, 5) is 61.5. The van der Waals surface area contributed by atoms with Gasteiger partial charge in [0.05, 0.1) is 18.4 Å². The Balaban J connectivity index is 1.23.